The minimum absolute atomic E-state index is 0.135. The number of sulfonamides is 1. The average molecular weight is 579 g/mol. The molecule has 12 heteroatoms. The number of amides is 3. The Labute approximate surface area is 234 Å². The molecule has 0 saturated heterocycles. The number of unbranched alkanes of at least 4 members (excludes halogenated alkanes) is 2. The first kappa shape index (κ1) is 30.7. The van der Waals surface area contributed by atoms with Gasteiger partial charge in [-0.3, -0.25) is 19.8 Å². The van der Waals surface area contributed by atoms with E-state index in [1.807, 2.05) is 13.8 Å². The van der Waals surface area contributed by atoms with Crippen molar-refractivity contribution in [1.29, 1.82) is 0 Å². The third-order valence-electron chi connectivity index (χ3n) is 6.71. The molecule has 1 aromatic heterocycles. The van der Waals surface area contributed by atoms with Gasteiger partial charge in [0.15, 0.2) is 0 Å². The van der Waals surface area contributed by atoms with Crippen molar-refractivity contribution in [2.45, 2.75) is 64.3 Å². The fraction of sp³-hybridized carbons (Fsp3) is 0.519. The molecule has 0 fully saturated rings. The molecule has 10 nitrogen and oxygen atoms in total. The van der Waals surface area contributed by atoms with Crippen molar-refractivity contribution < 1.29 is 27.5 Å². The number of carbonyl (C=O) groups is 3. The number of anilines is 1. The van der Waals surface area contributed by atoms with Gasteiger partial charge in [0.1, 0.15) is 5.00 Å². The Kier molecular flexibility index (Phi) is 11.0. The predicted molar refractivity (Wildman–Crippen MR) is 152 cm³/mol. The van der Waals surface area contributed by atoms with Crippen molar-refractivity contribution in [3.8, 4) is 0 Å². The molecule has 2 aromatic rings. The van der Waals surface area contributed by atoms with E-state index in [1.165, 1.54) is 47.0 Å². The zero-order valence-electron chi connectivity index (χ0n) is 23.0. The number of nitrogens with one attached hydrogen (secondary N) is 2. The maximum Gasteiger partial charge on any atom is 0.413 e. The maximum absolute atomic E-state index is 13.3. The molecule has 0 atom stereocenters. The van der Waals surface area contributed by atoms with Crippen molar-refractivity contribution in [3.63, 3.8) is 0 Å². The summed E-state index contributed by atoms with van der Waals surface area (Å²) < 4.78 is 32.6. The van der Waals surface area contributed by atoms with Crippen LogP contribution in [0.25, 0.3) is 0 Å². The Balaban J connectivity index is 1.85. The van der Waals surface area contributed by atoms with Gasteiger partial charge in [0, 0.05) is 36.6 Å². The van der Waals surface area contributed by atoms with E-state index < -0.39 is 27.9 Å². The highest BCUT2D eigenvalue weighted by Crippen LogP contribution is 2.37. The van der Waals surface area contributed by atoms with E-state index in [4.69, 9.17) is 0 Å². The van der Waals surface area contributed by atoms with Gasteiger partial charge in [-0.15, -0.1) is 11.3 Å². The molecule has 39 heavy (non-hydrogen) atoms. The van der Waals surface area contributed by atoms with Crippen LogP contribution in [0.4, 0.5) is 9.80 Å². The number of likely N-dealkylation sites (N-methyl/N-ethyl adjacent to an activating group) is 1. The van der Waals surface area contributed by atoms with Gasteiger partial charge >= 0.3 is 6.09 Å². The monoisotopic (exact) mass is 578 g/mol. The highest BCUT2D eigenvalue weighted by molar-refractivity contribution is 7.89. The second-order valence-corrected chi connectivity index (χ2v) is 12.4. The van der Waals surface area contributed by atoms with Crippen LogP contribution in [-0.2, 0) is 27.7 Å². The summed E-state index contributed by atoms with van der Waals surface area (Å²) in [5, 5.41) is 5.35. The van der Waals surface area contributed by atoms with E-state index >= 15 is 0 Å². The quantitative estimate of drug-likeness (QED) is 0.381. The molecule has 2 heterocycles. The summed E-state index contributed by atoms with van der Waals surface area (Å²) in [6.07, 6.45) is 3.05. The molecule has 214 valence electrons. The number of ether oxygens (including phenoxy) is 1. The van der Waals surface area contributed by atoms with Crippen LogP contribution in [0.15, 0.2) is 29.2 Å². The zero-order chi connectivity index (χ0) is 28.6. The van der Waals surface area contributed by atoms with Gasteiger partial charge in [0.05, 0.1) is 17.6 Å². The molecular weight excluding hydrogens is 540 g/mol. The lowest BCUT2D eigenvalue weighted by atomic mass is 10.0. The van der Waals surface area contributed by atoms with Gasteiger partial charge in [-0.25, -0.2) is 13.2 Å². The topological polar surface area (TPSA) is 125 Å². The van der Waals surface area contributed by atoms with Crippen LogP contribution >= 0.6 is 11.3 Å². The zero-order valence-corrected chi connectivity index (χ0v) is 24.7. The lowest BCUT2D eigenvalue weighted by Gasteiger charge is -2.25. The lowest BCUT2D eigenvalue weighted by molar-refractivity contribution is 0.0936. The molecule has 3 amide bonds. The first-order chi connectivity index (χ1) is 18.7. The SMILES string of the molecule is CCCCN(CCCC)S(=O)(=O)c1ccc(C(=O)Nc2sc3c(c2C(=O)NC(=O)OC)CCN(CC)C3)cc1. The molecule has 0 unspecified atom stereocenters. The van der Waals surface area contributed by atoms with Crippen molar-refractivity contribution in [2.75, 3.05) is 38.6 Å². The molecule has 0 saturated carbocycles. The standard InChI is InChI=1S/C27H38N4O6S2/c1-5-8-15-31(16-9-6-2)39(35,36)20-12-10-19(11-13-20)24(32)28-26-23(25(33)29-27(34)37-4)21-14-17-30(7-3)18-22(21)38-26/h10-13H,5-9,14-18H2,1-4H3,(H,28,32)(H,29,33,34). The van der Waals surface area contributed by atoms with Crippen molar-refractivity contribution in [3.05, 3.63) is 45.8 Å². The van der Waals surface area contributed by atoms with Gasteiger partial charge in [0.2, 0.25) is 10.0 Å². The number of fused-ring (bicyclic) bond motifs is 1. The highest BCUT2D eigenvalue weighted by Gasteiger charge is 2.30. The third-order valence-corrected chi connectivity index (χ3v) is 9.76. The maximum atomic E-state index is 13.3. The molecule has 0 aliphatic carbocycles. The van der Waals surface area contributed by atoms with Crippen LogP contribution < -0.4 is 10.6 Å². The number of hydrogen-bond donors (Lipinski definition) is 2. The van der Waals surface area contributed by atoms with Crippen LogP contribution in [0.1, 0.15) is 77.6 Å². The second kappa shape index (κ2) is 14.0. The molecule has 3 rings (SSSR count). The Morgan fingerprint density at radius 1 is 1.03 bits per heavy atom. The summed E-state index contributed by atoms with van der Waals surface area (Å²) in [6, 6.07) is 5.83. The minimum Gasteiger partial charge on any atom is -0.453 e. The number of benzene rings is 1. The van der Waals surface area contributed by atoms with Crippen molar-refractivity contribution in [1.82, 2.24) is 14.5 Å². The number of methoxy groups -OCH3 is 1. The fourth-order valence-corrected chi connectivity index (χ4v) is 7.18. The average Bonchev–Trinajstić information content (AvgIpc) is 3.29. The summed E-state index contributed by atoms with van der Waals surface area (Å²) in [4.78, 5) is 41.2. The smallest absolute Gasteiger partial charge is 0.413 e. The Bertz CT molecular complexity index is 1270. The summed E-state index contributed by atoms with van der Waals surface area (Å²) in [5.74, 6) is -1.12. The van der Waals surface area contributed by atoms with Gasteiger partial charge in [-0.2, -0.15) is 4.31 Å². The molecule has 1 aliphatic heterocycles. The van der Waals surface area contributed by atoms with Crippen LogP contribution in [0.5, 0.6) is 0 Å². The molecule has 2 N–H and O–H groups in total. The summed E-state index contributed by atoms with van der Waals surface area (Å²) in [6.45, 7) is 9.26. The first-order valence-electron chi connectivity index (χ1n) is 13.3. The first-order valence-corrected chi connectivity index (χ1v) is 15.6. The number of hydrogen-bond acceptors (Lipinski definition) is 8. The van der Waals surface area contributed by atoms with E-state index in [-0.39, 0.29) is 16.0 Å². The van der Waals surface area contributed by atoms with E-state index in [0.717, 1.165) is 49.2 Å². The van der Waals surface area contributed by atoms with Crippen LogP contribution in [0.2, 0.25) is 0 Å². The van der Waals surface area contributed by atoms with Gasteiger partial charge in [-0.1, -0.05) is 33.6 Å². The number of rotatable bonds is 12. The summed E-state index contributed by atoms with van der Waals surface area (Å²) in [7, 11) is -2.52. The number of carbonyl (C=O) groups excluding carboxylic acids is 3. The Morgan fingerprint density at radius 3 is 2.23 bits per heavy atom. The van der Waals surface area contributed by atoms with E-state index in [1.54, 1.807) is 0 Å². The molecule has 0 radical (unpaired) electrons. The van der Waals surface area contributed by atoms with E-state index in [9.17, 15) is 22.8 Å². The largest absolute Gasteiger partial charge is 0.453 e. The second-order valence-electron chi connectivity index (χ2n) is 9.36. The molecule has 0 bridgehead atoms. The van der Waals surface area contributed by atoms with E-state index in [0.29, 0.717) is 31.1 Å². The van der Waals surface area contributed by atoms with Crippen LogP contribution in [0, 0.1) is 0 Å². The number of imide groups is 1. The molecule has 0 spiro atoms. The summed E-state index contributed by atoms with van der Waals surface area (Å²) in [5.41, 5.74) is 1.32. The van der Waals surface area contributed by atoms with Gasteiger partial charge in [0.25, 0.3) is 11.8 Å². The number of thiophene rings is 1. The van der Waals surface area contributed by atoms with Crippen molar-refractivity contribution in [2.24, 2.45) is 0 Å². The minimum atomic E-state index is -3.69. The van der Waals surface area contributed by atoms with Gasteiger partial charge in [-0.05, 0) is 55.6 Å². The van der Waals surface area contributed by atoms with Crippen LogP contribution in [0.3, 0.4) is 0 Å². The Hall–Kier alpha value is -2.80. The van der Waals surface area contributed by atoms with Gasteiger partial charge < -0.3 is 10.1 Å². The highest BCUT2D eigenvalue weighted by atomic mass is 32.2. The normalized spacial score (nSPS) is 13.7. The van der Waals surface area contributed by atoms with Crippen LogP contribution in [-0.4, -0.2) is 68.8 Å². The molecule has 1 aliphatic rings. The van der Waals surface area contributed by atoms with Crippen molar-refractivity contribution >= 4 is 44.3 Å². The fourth-order valence-electron chi connectivity index (χ4n) is 4.38. The Morgan fingerprint density at radius 2 is 1.67 bits per heavy atom. The predicted octanol–water partition coefficient (Wildman–Crippen LogP) is 4.47. The van der Waals surface area contributed by atoms with E-state index in [2.05, 4.69) is 27.2 Å². The molecule has 1 aromatic carbocycles. The number of alkyl carbamates (subject to hydrolysis) is 1. The number of nitrogens with zero attached hydrogens (tertiary/aromatic N) is 2. The third kappa shape index (κ3) is 7.44. The molecular formula is C27H38N4O6S2. The lowest BCUT2D eigenvalue weighted by Crippen LogP contribution is -2.33. The summed E-state index contributed by atoms with van der Waals surface area (Å²) >= 11 is 1.30.